The van der Waals surface area contributed by atoms with Gasteiger partial charge in [-0.15, -0.1) is 0 Å². The predicted octanol–water partition coefficient (Wildman–Crippen LogP) is 2.47. The van der Waals surface area contributed by atoms with Gasteiger partial charge in [-0.05, 0) is 37.1 Å². The number of carbonyl (C=O) groups is 1. The molecule has 0 radical (unpaired) electrons. The number of aryl methyl sites for hydroxylation is 1. The fraction of sp³-hybridized carbons (Fsp3) is 0.412. The molecule has 1 aliphatic rings. The number of hydrogen-bond donors (Lipinski definition) is 1. The van der Waals surface area contributed by atoms with Gasteiger partial charge in [0.1, 0.15) is 5.69 Å². The standard InChI is InChI=1S/C17H21ClN4O/c1-21-11-16(19-12-21)17(23)20-15-3-2-8-22(10-15)9-13-4-6-14(18)7-5-13/h4-7,11-12,15H,2-3,8-10H2,1H3,(H,20,23). The van der Waals surface area contributed by atoms with Crippen LogP contribution < -0.4 is 5.32 Å². The zero-order valence-corrected chi connectivity index (χ0v) is 14.0. The zero-order valence-electron chi connectivity index (χ0n) is 13.2. The van der Waals surface area contributed by atoms with Crippen molar-refractivity contribution >= 4 is 17.5 Å². The molecule has 122 valence electrons. The maximum Gasteiger partial charge on any atom is 0.271 e. The molecule has 3 rings (SSSR count). The van der Waals surface area contributed by atoms with Gasteiger partial charge < -0.3 is 9.88 Å². The second-order valence-corrected chi connectivity index (χ2v) is 6.54. The number of rotatable bonds is 4. The number of hydrogen-bond acceptors (Lipinski definition) is 3. The van der Waals surface area contributed by atoms with Gasteiger partial charge in [-0.2, -0.15) is 0 Å². The number of nitrogens with one attached hydrogen (secondary N) is 1. The van der Waals surface area contributed by atoms with Gasteiger partial charge in [0.2, 0.25) is 0 Å². The van der Waals surface area contributed by atoms with Gasteiger partial charge in [-0.1, -0.05) is 23.7 Å². The van der Waals surface area contributed by atoms with E-state index in [-0.39, 0.29) is 11.9 Å². The number of halogens is 1. The Balaban J connectivity index is 1.55. The largest absolute Gasteiger partial charge is 0.347 e. The van der Waals surface area contributed by atoms with E-state index in [1.54, 1.807) is 17.1 Å². The normalized spacial score (nSPS) is 18.8. The molecule has 2 heterocycles. The number of carbonyl (C=O) groups excluding carboxylic acids is 1. The monoisotopic (exact) mass is 332 g/mol. The first-order valence-electron chi connectivity index (χ1n) is 7.86. The molecule has 1 amide bonds. The Bertz CT molecular complexity index is 667. The van der Waals surface area contributed by atoms with Crippen molar-refractivity contribution in [3.8, 4) is 0 Å². The molecule has 1 fully saturated rings. The van der Waals surface area contributed by atoms with Crippen molar-refractivity contribution in [3.05, 3.63) is 53.1 Å². The number of nitrogens with zero attached hydrogens (tertiary/aromatic N) is 3. The lowest BCUT2D eigenvalue weighted by atomic mass is 10.0. The van der Waals surface area contributed by atoms with Gasteiger partial charge >= 0.3 is 0 Å². The molecule has 1 saturated heterocycles. The number of amides is 1. The molecule has 1 aromatic carbocycles. The van der Waals surface area contributed by atoms with Crippen molar-refractivity contribution < 1.29 is 4.79 Å². The highest BCUT2D eigenvalue weighted by Crippen LogP contribution is 2.16. The maximum absolute atomic E-state index is 12.2. The van der Waals surface area contributed by atoms with E-state index in [0.29, 0.717) is 5.69 Å². The second-order valence-electron chi connectivity index (χ2n) is 6.10. The van der Waals surface area contributed by atoms with Crippen LogP contribution in [0.5, 0.6) is 0 Å². The number of aromatic nitrogens is 2. The van der Waals surface area contributed by atoms with E-state index < -0.39 is 0 Å². The van der Waals surface area contributed by atoms with Gasteiger partial charge in [0, 0.05) is 37.4 Å². The van der Waals surface area contributed by atoms with Crippen LogP contribution in [0.2, 0.25) is 5.02 Å². The molecule has 1 atom stereocenters. The molecule has 0 bridgehead atoms. The SMILES string of the molecule is Cn1cnc(C(=O)NC2CCCN(Cc3ccc(Cl)cc3)C2)c1. The summed E-state index contributed by atoms with van der Waals surface area (Å²) < 4.78 is 1.78. The summed E-state index contributed by atoms with van der Waals surface area (Å²) in [5.74, 6) is -0.0936. The molecule has 1 aromatic heterocycles. The highest BCUT2D eigenvalue weighted by Gasteiger charge is 2.22. The highest BCUT2D eigenvalue weighted by atomic mass is 35.5. The smallest absolute Gasteiger partial charge is 0.271 e. The molecule has 2 aromatic rings. The molecule has 0 spiro atoms. The molecule has 1 aliphatic heterocycles. The topological polar surface area (TPSA) is 50.2 Å². The molecule has 0 saturated carbocycles. The zero-order chi connectivity index (χ0) is 16.2. The third-order valence-corrected chi connectivity index (χ3v) is 4.35. The van der Waals surface area contributed by atoms with Crippen molar-refractivity contribution in [3.63, 3.8) is 0 Å². The molecule has 1 N–H and O–H groups in total. The molecule has 1 unspecified atom stereocenters. The first kappa shape index (κ1) is 16.0. The third kappa shape index (κ3) is 4.33. The van der Waals surface area contributed by atoms with Gasteiger partial charge in [-0.3, -0.25) is 9.69 Å². The summed E-state index contributed by atoms with van der Waals surface area (Å²) in [4.78, 5) is 18.7. The summed E-state index contributed by atoms with van der Waals surface area (Å²) in [6.07, 6.45) is 5.47. The quantitative estimate of drug-likeness (QED) is 0.935. The lowest BCUT2D eigenvalue weighted by Crippen LogP contribution is -2.47. The lowest BCUT2D eigenvalue weighted by molar-refractivity contribution is 0.0896. The summed E-state index contributed by atoms with van der Waals surface area (Å²) in [7, 11) is 1.86. The second kappa shape index (κ2) is 7.15. The van der Waals surface area contributed by atoms with Crippen LogP contribution in [0.1, 0.15) is 28.9 Å². The Hall–Kier alpha value is -1.85. The van der Waals surface area contributed by atoms with Crippen molar-refractivity contribution in [2.45, 2.75) is 25.4 Å². The van der Waals surface area contributed by atoms with Gasteiger partial charge in [0.05, 0.1) is 6.33 Å². The minimum Gasteiger partial charge on any atom is -0.347 e. The summed E-state index contributed by atoms with van der Waals surface area (Å²) in [5.41, 5.74) is 1.72. The summed E-state index contributed by atoms with van der Waals surface area (Å²) in [5, 5.41) is 3.85. The molecule has 5 nitrogen and oxygen atoms in total. The molecular formula is C17H21ClN4O. The van der Waals surface area contributed by atoms with E-state index in [0.717, 1.165) is 37.5 Å². The average Bonchev–Trinajstić information content (AvgIpc) is 2.97. The summed E-state index contributed by atoms with van der Waals surface area (Å²) >= 11 is 5.93. The Morgan fingerprint density at radius 1 is 1.39 bits per heavy atom. The predicted molar refractivity (Wildman–Crippen MR) is 90.4 cm³/mol. The minimum absolute atomic E-state index is 0.0936. The van der Waals surface area contributed by atoms with E-state index in [1.165, 1.54) is 5.56 Å². The molecule has 0 aliphatic carbocycles. The van der Waals surface area contributed by atoms with Crippen LogP contribution in [0.15, 0.2) is 36.8 Å². The van der Waals surface area contributed by atoms with Crippen LogP contribution in [0.25, 0.3) is 0 Å². The number of likely N-dealkylation sites (tertiary alicyclic amines) is 1. The van der Waals surface area contributed by atoms with Crippen LogP contribution in [-0.4, -0.2) is 39.5 Å². The number of imidazole rings is 1. The van der Waals surface area contributed by atoms with Crippen LogP contribution in [0, 0.1) is 0 Å². The Morgan fingerprint density at radius 3 is 2.87 bits per heavy atom. The van der Waals surface area contributed by atoms with Crippen LogP contribution >= 0.6 is 11.6 Å². The Morgan fingerprint density at radius 2 is 2.17 bits per heavy atom. The average molecular weight is 333 g/mol. The van der Waals surface area contributed by atoms with Crippen molar-refractivity contribution in [2.24, 2.45) is 7.05 Å². The Labute approximate surface area is 141 Å². The van der Waals surface area contributed by atoms with Gasteiger partial charge in [-0.25, -0.2) is 4.98 Å². The molecule has 6 heteroatoms. The van der Waals surface area contributed by atoms with E-state index in [9.17, 15) is 4.79 Å². The molecular weight excluding hydrogens is 312 g/mol. The van der Waals surface area contributed by atoms with E-state index in [1.807, 2.05) is 19.2 Å². The third-order valence-electron chi connectivity index (χ3n) is 4.10. The van der Waals surface area contributed by atoms with Crippen LogP contribution in [-0.2, 0) is 13.6 Å². The first-order chi connectivity index (χ1) is 11.1. The number of benzene rings is 1. The van der Waals surface area contributed by atoms with Gasteiger partial charge in [0.25, 0.3) is 5.91 Å². The molecule has 23 heavy (non-hydrogen) atoms. The fourth-order valence-electron chi connectivity index (χ4n) is 2.95. The fourth-order valence-corrected chi connectivity index (χ4v) is 3.08. The van der Waals surface area contributed by atoms with E-state index in [4.69, 9.17) is 11.6 Å². The minimum atomic E-state index is -0.0936. The van der Waals surface area contributed by atoms with Gasteiger partial charge in [0.15, 0.2) is 0 Å². The summed E-state index contributed by atoms with van der Waals surface area (Å²) in [6.45, 7) is 2.80. The van der Waals surface area contributed by atoms with Crippen molar-refractivity contribution in [1.82, 2.24) is 19.8 Å². The number of piperidine rings is 1. The van der Waals surface area contributed by atoms with Crippen LogP contribution in [0.4, 0.5) is 0 Å². The Kier molecular flexibility index (Phi) is 4.98. The first-order valence-corrected chi connectivity index (χ1v) is 8.23. The summed E-state index contributed by atoms with van der Waals surface area (Å²) in [6, 6.07) is 8.12. The van der Waals surface area contributed by atoms with E-state index in [2.05, 4.69) is 27.3 Å². The van der Waals surface area contributed by atoms with E-state index >= 15 is 0 Å². The van der Waals surface area contributed by atoms with Crippen molar-refractivity contribution in [2.75, 3.05) is 13.1 Å². The maximum atomic E-state index is 12.2. The van der Waals surface area contributed by atoms with Crippen LogP contribution in [0.3, 0.4) is 0 Å². The van der Waals surface area contributed by atoms with Crippen molar-refractivity contribution in [1.29, 1.82) is 0 Å². The highest BCUT2D eigenvalue weighted by molar-refractivity contribution is 6.30. The lowest BCUT2D eigenvalue weighted by Gasteiger charge is -2.33.